The van der Waals surface area contributed by atoms with Gasteiger partial charge in [-0.15, -0.1) is 0 Å². The third-order valence-electron chi connectivity index (χ3n) is 7.88. The lowest BCUT2D eigenvalue weighted by molar-refractivity contribution is -0.175. The quantitative estimate of drug-likeness (QED) is 0.732. The Kier molecular flexibility index (Phi) is 3.73. The first-order valence-corrected chi connectivity index (χ1v) is 8.82. The van der Waals surface area contributed by atoms with Gasteiger partial charge in [0.1, 0.15) is 11.6 Å². The maximum Gasteiger partial charge on any atom is 0.306 e. The number of esters is 1. The Balaban J connectivity index is 2.02. The van der Waals surface area contributed by atoms with Crippen LogP contribution in [0, 0.1) is 28.1 Å². The number of hydrogen-bond acceptors (Lipinski definition) is 4. The van der Waals surface area contributed by atoms with E-state index in [0.29, 0.717) is 18.6 Å². The highest BCUT2D eigenvalue weighted by Gasteiger charge is 2.66. The van der Waals surface area contributed by atoms with E-state index in [0.717, 1.165) is 25.7 Å². The minimum absolute atomic E-state index is 0.0366. The molecule has 0 aromatic heterocycles. The summed E-state index contributed by atoms with van der Waals surface area (Å²) in [4.78, 5) is 37.0. The molecule has 128 valence electrons. The van der Waals surface area contributed by atoms with Crippen molar-refractivity contribution >= 4 is 17.5 Å². The van der Waals surface area contributed by atoms with Crippen LogP contribution in [-0.4, -0.2) is 24.6 Å². The van der Waals surface area contributed by atoms with Gasteiger partial charge in [0, 0.05) is 24.2 Å². The molecule has 5 atom stereocenters. The van der Waals surface area contributed by atoms with Gasteiger partial charge in [0.2, 0.25) is 0 Å². The molecule has 0 spiro atoms. The number of carbonyl (C=O) groups is 3. The molecule has 4 heteroatoms. The SMILES string of the molecule is COC(=O)C[C@@]1(C)C(=O)CC[C@]2(C)[C@@H]1CC[C@@H]1C(=O)CC[C@]12C. The summed E-state index contributed by atoms with van der Waals surface area (Å²) in [6, 6.07) is 0. The van der Waals surface area contributed by atoms with Crippen LogP contribution in [0.1, 0.15) is 65.7 Å². The molecule has 3 rings (SSSR count). The Hall–Kier alpha value is -1.19. The molecule has 0 bridgehead atoms. The molecule has 23 heavy (non-hydrogen) atoms. The van der Waals surface area contributed by atoms with Gasteiger partial charge in [0.25, 0.3) is 0 Å². The van der Waals surface area contributed by atoms with Crippen LogP contribution in [0.2, 0.25) is 0 Å². The van der Waals surface area contributed by atoms with Crippen molar-refractivity contribution < 1.29 is 19.1 Å². The van der Waals surface area contributed by atoms with Gasteiger partial charge in [-0.1, -0.05) is 20.8 Å². The molecule has 0 unspecified atom stereocenters. The van der Waals surface area contributed by atoms with E-state index in [1.807, 2.05) is 6.92 Å². The number of rotatable bonds is 2. The predicted octanol–water partition coefficient (Wildman–Crippen LogP) is 3.32. The van der Waals surface area contributed by atoms with Crippen LogP contribution in [0.3, 0.4) is 0 Å². The maximum atomic E-state index is 12.8. The number of methoxy groups -OCH3 is 1. The predicted molar refractivity (Wildman–Crippen MR) is 85.7 cm³/mol. The van der Waals surface area contributed by atoms with Gasteiger partial charge in [-0.2, -0.15) is 0 Å². The molecular formula is C19H28O4. The standard InChI is InChI=1S/C19H28O4/c1-17(11-16(22)23-4)14-6-5-12-13(20)7-9-18(12,2)19(14,3)10-8-15(17)21/h12,14H,5-11H2,1-4H3/t12-,14-,17-,18-,19-/m1/s1. The summed E-state index contributed by atoms with van der Waals surface area (Å²) in [6.45, 7) is 6.47. The summed E-state index contributed by atoms with van der Waals surface area (Å²) < 4.78 is 4.86. The monoisotopic (exact) mass is 320 g/mol. The van der Waals surface area contributed by atoms with Crippen molar-refractivity contribution in [3.8, 4) is 0 Å². The van der Waals surface area contributed by atoms with E-state index >= 15 is 0 Å². The van der Waals surface area contributed by atoms with E-state index < -0.39 is 5.41 Å². The molecule has 0 aromatic rings. The maximum absolute atomic E-state index is 12.8. The largest absolute Gasteiger partial charge is 0.469 e. The zero-order valence-corrected chi connectivity index (χ0v) is 14.7. The first kappa shape index (κ1) is 16.7. The molecule has 0 aliphatic heterocycles. The van der Waals surface area contributed by atoms with Crippen molar-refractivity contribution in [1.29, 1.82) is 0 Å². The van der Waals surface area contributed by atoms with Crippen LogP contribution in [0.5, 0.6) is 0 Å². The number of hydrogen-bond donors (Lipinski definition) is 0. The molecule has 0 amide bonds. The minimum atomic E-state index is -0.653. The van der Waals surface area contributed by atoms with Crippen molar-refractivity contribution in [3.63, 3.8) is 0 Å². The Morgan fingerprint density at radius 3 is 2.39 bits per heavy atom. The molecule has 0 saturated heterocycles. The average Bonchev–Trinajstić information content (AvgIpc) is 2.81. The minimum Gasteiger partial charge on any atom is -0.469 e. The van der Waals surface area contributed by atoms with Crippen LogP contribution in [0.15, 0.2) is 0 Å². The number of Topliss-reactive ketones (excluding diaryl/α,β-unsaturated/α-hetero) is 2. The Labute approximate surface area is 138 Å². The second-order valence-corrected chi connectivity index (χ2v) is 8.58. The van der Waals surface area contributed by atoms with E-state index in [1.165, 1.54) is 7.11 Å². The smallest absolute Gasteiger partial charge is 0.306 e. The summed E-state index contributed by atoms with van der Waals surface area (Å²) in [5.41, 5.74) is -0.746. The van der Waals surface area contributed by atoms with Gasteiger partial charge in [-0.3, -0.25) is 14.4 Å². The molecule has 4 nitrogen and oxygen atoms in total. The lowest BCUT2D eigenvalue weighted by atomic mass is 9.41. The van der Waals surface area contributed by atoms with Gasteiger partial charge in [0.15, 0.2) is 0 Å². The van der Waals surface area contributed by atoms with Crippen molar-refractivity contribution in [2.45, 2.75) is 65.7 Å². The number of fused-ring (bicyclic) bond motifs is 3. The van der Waals surface area contributed by atoms with Crippen LogP contribution < -0.4 is 0 Å². The lowest BCUT2D eigenvalue weighted by Gasteiger charge is -2.62. The second kappa shape index (κ2) is 5.15. The summed E-state index contributed by atoms with van der Waals surface area (Å²) in [5.74, 6) is 0.581. The van der Waals surface area contributed by atoms with Crippen molar-refractivity contribution in [2.24, 2.45) is 28.1 Å². The molecule has 0 heterocycles. The lowest BCUT2D eigenvalue weighted by Crippen LogP contribution is -2.60. The number of ether oxygens (including phenoxy) is 1. The highest BCUT2D eigenvalue weighted by molar-refractivity contribution is 5.90. The van der Waals surface area contributed by atoms with Crippen molar-refractivity contribution in [3.05, 3.63) is 0 Å². The van der Waals surface area contributed by atoms with Gasteiger partial charge in [-0.25, -0.2) is 0 Å². The summed E-state index contributed by atoms with van der Waals surface area (Å²) in [7, 11) is 1.38. The second-order valence-electron chi connectivity index (χ2n) is 8.58. The topological polar surface area (TPSA) is 60.4 Å². The van der Waals surface area contributed by atoms with E-state index in [2.05, 4.69) is 13.8 Å². The van der Waals surface area contributed by atoms with Gasteiger partial charge in [-0.05, 0) is 42.4 Å². The highest BCUT2D eigenvalue weighted by Crippen LogP contribution is 2.69. The fourth-order valence-corrected chi connectivity index (χ4v) is 6.23. The first-order valence-electron chi connectivity index (χ1n) is 8.82. The third-order valence-corrected chi connectivity index (χ3v) is 7.88. The van der Waals surface area contributed by atoms with E-state index in [4.69, 9.17) is 4.74 Å². The molecule has 3 saturated carbocycles. The summed E-state index contributed by atoms with van der Waals surface area (Å²) in [6.07, 6.45) is 4.83. The van der Waals surface area contributed by atoms with Gasteiger partial charge >= 0.3 is 5.97 Å². The van der Waals surface area contributed by atoms with Crippen LogP contribution in [0.4, 0.5) is 0 Å². The van der Waals surface area contributed by atoms with E-state index in [9.17, 15) is 14.4 Å². The molecule has 3 fully saturated rings. The first-order chi connectivity index (χ1) is 10.7. The Morgan fingerprint density at radius 1 is 1.09 bits per heavy atom. The third kappa shape index (κ3) is 2.06. The average molecular weight is 320 g/mol. The van der Waals surface area contributed by atoms with Gasteiger partial charge < -0.3 is 4.74 Å². The highest BCUT2D eigenvalue weighted by atomic mass is 16.5. The molecule has 0 radical (unpaired) electrons. The molecule has 3 aliphatic carbocycles. The van der Waals surface area contributed by atoms with Crippen LogP contribution >= 0.6 is 0 Å². The zero-order chi connectivity index (χ0) is 17.0. The Morgan fingerprint density at radius 2 is 1.74 bits per heavy atom. The molecule has 0 N–H and O–H groups in total. The fraction of sp³-hybridized carbons (Fsp3) is 0.842. The van der Waals surface area contributed by atoms with E-state index in [-0.39, 0.29) is 40.8 Å². The van der Waals surface area contributed by atoms with Crippen LogP contribution in [0.25, 0.3) is 0 Å². The van der Waals surface area contributed by atoms with Crippen molar-refractivity contribution in [2.75, 3.05) is 7.11 Å². The summed E-state index contributed by atoms with van der Waals surface area (Å²) >= 11 is 0. The molecular weight excluding hydrogens is 292 g/mol. The van der Waals surface area contributed by atoms with E-state index in [1.54, 1.807) is 0 Å². The molecule has 3 aliphatic rings. The van der Waals surface area contributed by atoms with Crippen molar-refractivity contribution in [1.82, 2.24) is 0 Å². The number of carbonyl (C=O) groups excluding carboxylic acids is 3. The van der Waals surface area contributed by atoms with Crippen LogP contribution in [-0.2, 0) is 19.1 Å². The number of ketones is 2. The fourth-order valence-electron chi connectivity index (χ4n) is 6.23. The zero-order valence-electron chi connectivity index (χ0n) is 14.7. The Bertz CT molecular complexity index is 568. The normalized spacial score (nSPS) is 46.3. The summed E-state index contributed by atoms with van der Waals surface area (Å²) in [5, 5.41) is 0. The molecule has 0 aromatic carbocycles. The van der Waals surface area contributed by atoms with Gasteiger partial charge in [0.05, 0.1) is 13.5 Å².